The normalized spacial score (nSPS) is 20.8. The molecule has 2 aliphatic rings. The summed E-state index contributed by atoms with van der Waals surface area (Å²) in [6.07, 6.45) is -5.06. The lowest BCUT2D eigenvalue weighted by Gasteiger charge is -2.25. The van der Waals surface area contributed by atoms with Gasteiger partial charge in [0.25, 0.3) is 18.4 Å². The molecule has 2 aliphatic heterocycles. The molecule has 8 nitrogen and oxygen atoms in total. The molecule has 1 unspecified atom stereocenters. The Hall–Kier alpha value is -4.66. The molecular weight excluding hydrogens is 518 g/mol. The Morgan fingerprint density at radius 3 is 2.64 bits per heavy atom. The van der Waals surface area contributed by atoms with Crippen molar-refractivity contribution in [2.24, 2.45) is 0 Å². The van der Waals surface area contributed by atoms with Gasteiger partial charge in [-0.15, -0.1) is 0 Å². The van der Waals surface area contributed by atoms with Crippen LogP contribution in [0.1, 0.15) is 33.6 Å². The molecule has 0 aliphatic carbocycles. The second-order valence-corrected chi connectivity index (χ2v) is 9.54. The quantitative estimate of drug-likeness (QED) is 0.428. The van der Waals surface area contributed by atoms with E-state index in [0.717, 1.165) is 0 Å². The minimum atomic E-state index is -4.68. The molecule has 12 heteroatoms. The number of H-pyrrole nitrogens is 1. The molecule has 3 N–H and O–H groups in total. The van der Waals surface area contributed by atoms with Gasteiger partial charge in [0.2, 0.25) is 5.91 Å². The number of carbonyl (C=O) groups excluding carboxylic acids is 3. The molecule has 3 aromatic rings. The summed E-state index contributed by atoms with van der Waals surface area (Å²) in [7, 11) is 0. The maximum absolute atomic E-state index is 13.9. The number of likely N-dealkylation sites (tertiary alicyclic amines) is 1. The number of para-hydroxylation sites is 1. The molecule has 3 amide bonds. The van der Waals surface area contributed by atoms with Crippen molar-refractivity contribution < 1.29 is 31.9 Å². The van der Waals surface area contributed by atoms with E-state index in [-0.39, 0.29) is 25.3 Å². The van der Waals surface area contributed by atoms with Crippen molar-refractivity contribution in [2.75, 3.05) is 11.9 Å². The number of hydrogen-bond donors (Lipinski definition) is 3. The third-order valence-corrected chi connectivity index (χ3v) is 7.10. The molecule has 2 aromatic carbocycles. The summed E-state index contributed by atoms with van der Waals surface area (Å²) >= 11 is 0. The molecule has 200 valence electrons. The van der Waals surface area contributed by atoms with Gasteiger partial charge < -0.3 is 15.6 Å². The van der Waals surface area contributed by atoms with Crippen LogP contribution in [-0.2, 0) is 27.6 Å². The molecule has 3 heterocycles. The number of hydrogen-bond acceptors (Lipinski definition) is 3. The highest BCUT2D eigenvalue weighted by Crippen LogP contribution is 2.46. The van der Waals surface area contributed by atoms with Gasteiger partial charge in [-0.25, -0.2) is 4.39 Å². The van der Waals surface area contributed by atoms with Crippen molar-refractivity contribution in [1.82, 2.24) is 15.2 Å². The topological polar surface area (TPSA) is 98.7 Å². The zero-order valence-electron chi connectivity index (χ0n) is 20.3. The number of carbonyl (C=O) groups is 3. The van der Waals surface area contributed by atoms with E-state index < -0.39 is 52.7 Å². The Morgan fingerprint density at radius 1 is 1.18 bits per heavy atom. The van der Waals surface area contributed by atoms with Crippen molar-refractivity contribution in [1.29, 1.82) is 0 Å². The number of nitrogens with zero attached hydrogens (tertiary/aromatic N) is 2. The van der Waals surface area contributed by atoms with E-state index >= 15 is 0 Å². The Morgan fingerprint density at radius 2 is 1.95 bits per heavy atom. The summed E-state index contributed by atoms with van der Waals surface area (Å²) in [6.45, 7) is 5.54. The fraction of sp³-hybridized carbons (Fsp3) is 0.259. The number of anilines is 1. The van der Waals surface area contributed by atoms with E-state index in [1.165, 1.54) is 23.1 Å². The molecule has 0 bridgehead atoms. The number of benzene rings is 2. The van der Waals surface area contributed by atoms with Gasteiger partial charge >= 0.3 is 12.3 Å². The second-order valence-electron chi connectivity index (χ2n) is 9.54. The van der Waals surface area contributed by atoms with Crippen LogP contribution in [0.4, 0.5) is 23.2 Å². The summed E-state index contributed by atoms with van der Waals surface area (Å²) < 4.78 is 53.0. The fourth-order valence-corrected chi connectivity index (χ4v) is 5.20. The number of aromatic amines is 1. The molecule has 39 heavy (non-hydrogen) atoms. The predicted octanol–water partition coefficient (Wildman–Crippen LogP) is 3.92. The first kappa shape index (κ1) is 26.0. The molecule has 1 aromatic heterocycles. The van der Waals surface area contributed by atoms with E-state index in [4.69, 9.17) is 6.57 Å². The van der Waals surface area contributed by atoms with Crippen LogP contribution in [0.15, 0.2) is 60.8 Å². The van der Waals surface area contributed by atoms with Crippen LogP contribution in [0.2, 0.25) is 0 Å². The standard InChI is InChI=1S/C27H21F4N5O3/c1-32-22-12-26(18-7-2-3-8-19(18)35-25(26)39)14-36(22)24(38)21(10-15-5-4-6-17(28)9-15)34-23(37)20-11-16(13-33-20)27(29,30)31/h1-9,11,13,21-22H,10,12,14H2,(H2-,33,34,35,37,39)/p+1/t21?,22-,26-/m0/s1. The van der Waals surface area contributed by atoms with Crippen LogP contribution in [0, 0.1) is 12.4 Å². The zero-order chi connectivity index (χ0) is 27.9. The van der Waals surface area contributed by atoms with Crippen LogP contribution < -0.4 is 10.6 Å². The Labute approximate surface area is 219 Å². The average Bonchev–Trinajstić information content (AvgIpc) is 3.60. The summed E-state index contributed by atoms with van der Waals surface area (Å²) in [5.41, 5.74) is -0.972. The summed E-state index contributed by atoms with van der Waals surface area (Å²) in [5.74, 6) is -2.55. The number of rotatable bonds is 5. The first-order chi connectivity index (χ1) is 18.5. The monoisotopic (exact) mass is 540 g/mol. The Kier molecular flexibility index (Phi) is 6.38. The molecular formula is C27H22F4N5O3+. The average molecular weight is 540 g/mol. The molecule has 0 saturated carbocycles. The molecule has 1 fully saturated rings. The largest absolute Gasteiger partial charge is 0.417 e. The van der Waals surface area contributed by atoms with Crippen molar-refractivity contribution in [3.63, 3.8) is 0 Å². The highest BCUT2D eigenvalue weighted by atomic mass is 19.4. The molecule has 5 rings (SSSR count). The van der Waals surface area contributed by atoms with Crippen molar-refractivity contribution in [3.05, 3.63) is 93.8 Å². The number of nitrogens with one attached hydrogen (secondary N) is 3. The minimum absolute atomic E-state index is 0.0876. The summed E-state index contributed by atoms with van der Waals surface area (Å²) in [4.78, 5) is 47.2. The van der Waals surface area contributed by atoms with Crippen LogP contribution >= 0.6 is 0 Å². The lowest BCUT2D eigenvalue weighted by molar-refractivity contribution is -0.137. The van der Waals surface area contributed by atoms with Gasteiger partial charge in [0.1, 0.15) is 23.0 Å². The highest BCUT2D eigenvalue weighted by Gasteiger charge is 2.60. The van der Waals surface area contributed by atoms with E-state index in [1.807, 2.05) is 0 Å². The van der Waals surface area contributed by atoms with Gasteiger partial charge in [-0.1, -0.05) is 35.2 Å². The summed E-state index contributed by atoms with van der Waals surface area (Å²) in [6, 6.07) is 11.7. The molecule has 1 saturated heterocycles. The lowest BCUT2D eigenvalue weighted by Crippen LogP contribution is -2.51. The Balaban J connectivity index is 1.46. The predicted molar refractivity (Wildman–Crippen MR) is 132 cm³/mol. The van der Waals surface area contributed by atoms with Gasteiger partial charge in [0.15, 0.2) is 0 Å². The van der Waals surface area contributed by atoms with Crippen LogP contribution in [-0.4, -0.2) is 46.4 Å². The van der Waals surface area contributed by atoms with E-state index in [0.29, 0.717) is 29.1 Å². The van der Waals surface area contributed by atoms with Gasteiger partial charge in [-0.3, -0.25) is 19.3 Å². The van der Waals surface area contributed by atoms with Crippen molar-refractivity contribution >= 4 is 23.4 Å². The maximum Gasteiger partial charge on any atom is 0.417 e. The van der Waals surface area contributed by atoms with Crippen LogP contribution in [0.25, 0.3) is 4.85 Å². The van der Waals surface area contributed by atoms with Gasteiger partial charge in [0, 0.05) is 24.8 Å². The van der Waals surface area contributed by atoms with E-state index in [2.05, 4.69) is 20.5 Å². The SMILES string of the molecule is C#[N+][C@@H]1C[C@@]2(CN1C(=O)C(Cc1cccc(F)c1)NC(=O)c1cc(C(F)(F)F)c[nH]1)C(=O)Nc1ccccc12. The van der Waals surface area contributed by atoms with E-state index in [9.17, 15) is 31.9 Å². The van der Waals surface area contributed by atoms with Crippen molar-refractivity contribution in [2.45, 2.75) is 36.6 Å². The number of aromatic nitrogens is 1. The first-order valence-corrected chi connectivity index (χ1v) is 11.9. The van der Waals surface area contributed by atoms with Crippen LogP contribution in [0.5, 0.6) is 0 Å². The first-order valence-electron chi connectivity index (χ1n) is 11.9. The van der Waals surface area contributed by atoms with E-state index in [1.54, 1.807) is 30.3 Å². The smallest absolute Gasteiger partial charge is 0.357 e. The molecule has 0 radical (unpaired) electrons. The second kappa shape index (κ2) is 9.58. The minimum Gasteiger partial charge on any atom is -0.357 e. The lowest BCUT2D eigenvalue weighted by atomic mass is 9.80. The molecule has 1 spiro atoms. The zero-order valence-corrected chi connectivity index (χ0v) is 20.3. The van der Waals surface area contributed by atoms with Crippen LogP contribution in [0.3, 0.4) is 0 Å². The number of fused-ring (bicyclic) bond motifs is 2. The maximum atomic E-state index is 13.9. The van der Waals surface area contributed by atoms with Gasteiger partial charge in [-0.2, -0.15) is 13.2 Å². The third-order valence-electron chi connectivity index (χ3n) is 7.10. The van der Waals surface area contributed by atoms with Gasteiger partial charge in [0.05, 0.1) is 12.0 Å². The number of amides is 3. The molecule has 3 atom stereocenters. The van der Waals surface area contributed by atoms with Gasteiger partial charge in [-0.05, 0) is 35.4 Å². The Bertz CT molecular complexity index is 1510. The third kappa shape index (κ3) is 4.71. The summed E-state index contributed by atoms with van der Waals surface area (Å²) in [5, 5.41) is 5.27. The fourth-order valence-electron chi connectivity index (χ4n) is 5.20. The van der Waals surface area contributed by atoms with Crippen molar-refractivity contribution in [3.8, 4) is 6.57 Å². The highest BCUT2D eigenvalue weighted by molar-refractivity contribution is 6.07. The number of alkyl halides is 3. The number of halogens is 4.